The van der Waals surface area contributed by atoms with Gasteiger partial charge in [0.2, 0.25) is 0 Å². The molecule has 0 bridgehead atoms. The molecular formula is C51H61Br2ClN12O3S2. The molecule has 0 aliphatic carbocycles. The molecule has 4 N–H and O–H groups in total. The number of carbonyl (C=O) groups excluding carboxylic acids is 3. The maximum Gasteiger partial charge on any atom is 0.253 e. The van der Waals surface area contributed by atoms with Crippen LogP contribution < -0.4 is 16.4 Å². The summed E-state index contributed by atoms with van der Waals surface area (Å²) in [4.78, 5) is 46.0. The maximum atomic E-state index is 12.7. The predicted octanol–water partition coefficient (Wildman–Crippen LogP) is 9.45. The summed E-state index contributed by atoms with van der Waals surface area (Å²) in [5, 5.41) is 6.25. The van der Waals surface area contributed by atoms with Crippen LogP contribution in [0.3, 0.4) is 0 Å². The van der Waals surface area contributed by atoms with Gasteiger partial charge in [-0.3, -0.25) is 14.4 Å². The molecule has 20 heteroatoms. The number of hydrogen-bond acceptors (Lipinski definition) is 15. The molecule has 3 unspecified atom stereocenters. The minimum Gasteiger partial charge on any atom is -0.397 e. The van der Waals surface area contributed by atoms with Crippen molar-refractivity contribution in [2.45, 2.75) is 37.4 Å². The zero-order chi connectivity index (χ0) is 51.0. The third-order valence-electron chi connectivity index (χ3n) is 12.3. The molecule has 0 saturated carbocycles. The summed E-state index contributed by atoms with van der Waals surface area (Å²) in [7, 11) is 12.5. The lowest BCUT2D eigenvalue weighted by Crippen LogP contribution is -2.34. The van der Waals surface area contributed by atoms with Gasteiger partial charge in [-0.15, -0.1) is 0 Å². The third kappa shape index (κ3) is 16.3. The predicted molar refractivity (Wildman–Crippen MR) is 298 cm³/mol. The van der Waals surface area contributed by atoms with Gasteiger partial charge in [-0.25, -0.2) is 0 Å². The van der Waals surface area contributed by atoms with Crippen molar-refractivity contribution in [2.24, 2.45) is 0 Å². The first-order chi connectivity index (χ1) is 34.1. The molecule has 3 aliphatic rings. The average molecular weight is 1150 g/mol. The fourth-order valence-electron chi connectivity index (χ4n) is 7.90. The molecular weight excluding hydrogens is 1090 g/mol. The minimum absolute atomic E-state index is 0.103. The highest BCUT2D eigenvalue weighted by Crippen LogP contribution is 2.26. The highest BCUT2D eigenvalue weighted by atomic mass is 79.9. The number of halogens is 3. The third-order valence-corrected chi connectivity index (χ3v) is 14.7. The highest BCUT2D eigenvalue weighted by Gasteiger charge is 2.29. The molecule has 3 aliphatic heterocycles. The van der Waals surface area contributed by atoms with E-state index >= 15 is 0 Å². The van der Waals surface area contributed by atoms with Gasteiger partial charge in [-0.05, 0) is 177 Å². The summed E-state index contributed by atoms with van der Waals surface area (Å²) in [5.41, 5.74) is 13.6. The van der Waals surface area contributed by atoms with Crippen LogP contribution in [0.1, 0.15) is 50.3 Å². The van der Waals surface area contributed by atoms with Crippen molar-refractivity contribution in [2.75, 3.05) is 92.6 Å². The number of nitrogens with two attached hydrogens (primary N) is 1. The van der Waals surface area contributed by atoms with E-state index in [0.717, 1.165) is 98.6 Å². The van der Waals surface area contributed by atoms with E-state index in [4.69, 9.17) is 17.3 Å². The molecule has 7 aromatic rings. The Balaban J connectivity index is 0.000000157. The van der Waals surface area contributed by atoms with Crippen LogP contribution in [0.15, 0.2) is 118 Å². The number of rotatable bonds is 8. The first kappa shape index (κ1) is 55.4. The quantitative estimate of drug-likeness (QED) is 0.0973. The summed E-state index contributed by atoms with van der Waals surface area (Å²) in [6.45, 7) is 5.68. The molecule has 3 atom stereocenters. The second-order valence-corrected chi connectivity index (χ2v) is 21.1. The first-order valence-electron chi connectivity index (χ1n) is 23.1. The largest absolute Gasteiger partial charge is 0.397 e. The van der Waals surface area contributed by atoms with Crippen molar-refractivity contribution in [1.82, 2.24) is 47.3 Å². The van der Waals surface area contributed by atoms with Crippen LogP contribution in [0.4, 0.5) is 17.1 Å². The van der Waals surface area contributed by atoms with Crippen LogP contribution in [0.5, 0.6) is 0 Å². The standard InChI is InChI=1S/C19H21N5OS.C13H17BrN2O.C7H4BrClO.C6H5N3S.C6H14N2/c1-23(2)15-10-11-24(12-15)19(25)13-6-8-14(9-7-13)20-16-4-3-5-17-18(16)22-26-21-17;1-15(2)12-7-8-16(9-12)13(17)10-3-5-11(14)6-4-10;8-6-3-1-5(2-4-6)7(9)10;7-4-2-1-3-5-6(4)9-10-8-5;1-8(2)6-3-4-7-5-6/h3-9,15,20H,10-12H2,1-2H3;3-6,12H,7-9H2,1-2H3;1-4H;1-3H,7H2;6-7H,3-5H2,1-2H3. The second-order valence-electron chi connectivity index (χ2n) is 17.8. The highest BCUT2D eigenvalue weighted by molar-refractivity contribution is 9.10. The van der Waals surface area contributed by atoms with Crippen LogP contribution in [0, 0.1) is 0 Å². The Morgan fingerprint density at radius 3 is 1.52 bits per heavy atom. The molecule has 71 heavy (non-hydrogen) atoms. The number of nitrogen functional groups attached to an aromatic ring is 1. The fourth-order valence-corrected chi connectivity index (χ4v) is 9.66. The summed E-state index contributed by atoms with van der Waals surface area (Å²) < 4.78 is 18.6. The van der Waals surface area contributed by atoms with Gasteiger partial charge in [-0.1, -0.05) is 44.0 Å². The Labute approximate surface area is 446 Å². The fraction of sp³-hybridized carbons (Fsp3) is 0.353. The van der Waals surface area contributed by atoms with Gasteiger partial charge in [0, 0.05) is 82.2 Å². The summed E-state index contributed by atoms with van der Waals surface area (Å²) in [5.74, 6) is 0.244. The summed E-state index contributed by atoms with van der Waals surface area (Å²) in [6.07, 6.45) is 3.41. The van der Waals surface area contributed by atoms with Crippen molar-refractivity contribution < 1.29 is 14.4 Å². The molecule has 0 spiro atoms. The number of benzene rings is 5. The molecule has 10 rings (SSSR count). The Kier molecular flexibility index (Phi) is 21.2. The van der Waals surface area contributed by atoms with Gasteiger partial charge >= 0.3 is 0 Å². The zero-order valence-electron chi connectivity index (χ0n) is 40.8. The van der Waals surface area contributed by atoms with Gasteiger partial charge < -0.3 is 40.9 Å². The van der Waals surface area contributed by atoms with Gasteiger partial charge in [0.05, 0.1) is 34.8 Å². The van der Waals surface area contributed by atoms with E-state index < -0.39 is 5.24 Å². The van der Waals surface area contributed by atoms with Crippen LogP contribution in [0.25, 0.3) is 22.1 Å². The second kappa shape index (κ2) is 27.2. The average Bonchev–Trinajstić information content (AvgIpc) is 4.23. The SMILES string of the molecule is CN(C)C1CCN(C(=O)c2ccc(Br)cc2)C1.CN(C)C1CCN(C(=O)c2ccc(Nc3cccc4nsnc34)cc2)C1.CN(C)C1CCNC1.Nc1cccc2nsnc12.O=C(Cl)c1ccc(Br)cc1. The molecule has 5 aromatic carbocycles. The van der Waals surface area contributed by atoms with Gasteiger partial charge in [-0.2, -0.15) is 17.5 Å². The monoisotopic (exact) mass is 1150 g/mol. The minimum atomic E-state index is -0.424. The van der Waals surface area contributed by atoms with Crippen LogP contribution in [0.2, 0.25) is 0 Å². The van der Waals surface area contributed by atoms with Crippen molar-refractivity contribution in [3.63, 3.8) is 0 Å². The summed E-state index contributed by atoms with van der Waals surface area (Å²) >= 11 is 14.2. The van der Waals surface area contributed by atoms with E-state index in [9.17, 15) is 14.4 Å². The van der Waals surface area contributed by atoms with Crippen LogP contribution >= 0.6 is 66.9 Å². The maximum absolute atomic E-state index is 12.7. The normalized spacial score (nSPS) is 17.2. The van der Waals surface area contributed by atoms with E-state index in [0.29, 0.717) is 23.3 Å². The number of amides is 2. The van der Waals surface area contributed by atoms with E-state index in [-0.39, 0.29) is 11.8 Å². The van der Waals surface area contributed by atoms with Crippen molar-refractivity contribution in [1.29, 1.82) is 0 Å². The number of anilines is 3. The Hall–Kier alpha value is -4.96. The Bertz CT molecular complexity index is 2790. The molecule has 376 valence electrons. The van der Waals surface area contributed by atoms with E-state index in [1.54, 1.807) is 24.3 Å². The van der Waals surface area contributed by atoms with Crippen molar-refractivity contribution in [3.05, 3.63) is 135 Å². The first-order valence-corrected chi connectivity index (χ1v) is 26.5. The van der Waals surface area contributed by atoms with E-state index in [2.05, 4.69) is 117 Å². The van der Waals surface area contributed by atoms with E-state index in [1.165, 1.54) is 43.0 Å². The Morgan fingerprint density at radius 2 is 1.08 bits per heavy atom. The lowest BCUT2D eigenvalue weighted by Gasteiger charge is -2.20. The molecule has 15 nitrogen and oxygen atoms in total. The molecule has 2 amide bonds. The molecule has 5 heterocycles. The number of likely N-dealkylation sites (N-methyl/N-ethyl adjacent to an activating group) is 3. The van der Waals surface area contributed by atoms with Crippen LogP contribution in [-0.2, 0) is 0 Å². The number of aromatic nitrogens is 4. The number of likely N-dealkylation sites (tertiary alicyclic amines) is 2. The number of fused-ring (bicyclic) bond motifs is 2. The molecule has 2 aromatic heterocycles. The van der Waals surface area contributed by atoms with Gasteiger partial charge in [0.15, 0.2) is 0 Å². The smallest absolute Gasteiger partial charge is 0.253 e. The molecule has 0 radical (unpaired) electrons. The number of nitrogens with one attached hydrogen (secondary N) is 2. The van der Waals surface area contributed by atoms with Gasteiger partial charge in [0.1, 0.15) is 22.1 Å². The number of hydrogen-bond donors (Lipinski definition) is 3. The van der Waals surface area contributed by atoms with Gasteiger partial charge in [0.25, 0.3) is 17.1 Å². The lowest BCUT2D eigenvalue weighted by atomic mass is 10.1. The number of carbonyl (C=O) groups is 3. The van der Waals surface area contributed by atoms with E-state index in [1.807, 2.05) is 94.7 Å². The van der Waals surface area contributed by atoms with Crippen molar-refractivity contribution in [3.8, 4) is 0 Å². The number of nitrogens with zero attached hydrogens (tertiary/aromatic N) is 9. The molecule has 3 fully saturated rings. The molecule has 3 saturated heterocycles. The Morgan fingerprint density at radius 1 is 0.620 bits per heavy atom. The zero-order valence-corrected chi connectivity index (χ0v) is 46.3. The van der Waals surface area contributed by atoms with Crippen molar-refractivity contribution >= 4 is 123 Å². The summed E-state index contributed by atoms with van der Waals surface area (Å²) in [6, 6.07) is 35.3. The topological polar surface area (TPSA) is 169 Å². The lowest BCUT2D eigenvalue weighted by molar-refractivity contribution is 0.0775. The van der Waals surface area contributed by atoms with Crippen LogP contribution in [-0.4, -0.2) is 159 Å².